The number of ether oxygens (including phenoxy) is 1. The Morgan fingerprint density at radius 3 is 2.79 bits per heavy atom. The summed E-state index contributed by atoms with van der Waals surface area (Å²) < 4.78 is 18.4. The predicted molar refractivity (Wildman–Crippen MR) is 70.8 cm³/mol. The van der Waals surface area contributed by atoms with Crippen LogP contribution in [0.5, 0.6) is 0 Å². The molecule has 1 aromatic carbocycles. The molecule has 0 saturated carbocycles. The van der Waals surface area contributed by atoms with Crippen molar-refractivity contribution in [3.63, 3.8) is 0 Å². The van der Waals surface area contributed by atoms with E-state index in [2.05, 4.69) is 4.74 Å². The summed E-state index contributed by atoms with van der Waals surface area (Å²) in [6.45, 7) is -0.113. The van der Waals surface area contributed by atoms with Gasteiger partial charge in [-0.05, 0) is 29.7 Å². The van der Waals surface area contributed by atoms with Gasteiger partial charge in [-0.25, -0.2) is 4.39 Å². The monoisotopic (exact) mass is 281 g/mol. The van der Waals surface area contributed by atoms with Crippen molar-refractivity contribution in [1.82, 2.24) is 4.90 Å². The van der Waals surface area contributed by atoms with Crippen LogP contribution in [-0.4, -0.2) is 37.5 Å². The van der Waals surface area contributed by atoms with E-state index in [1.165, 1.54) is 42.5 Å². The predicted octanol–water partition coefficient (Wildman–Crippen LogP) is 2.29. The summed E-state index contributed by atoms with van der Waals surface area (Å²) in [6, 6.07) is 5.99. The molecule has 4 nitrogen and oxygen atoms in total. The molecule has 100 valence electrons. The molecular weight excluding hydrogens is 269 g/mol. The number of benzene rings is 1. The fourth-order valence-corrected chi connectivity index (χ4v) is 2.68. The van der Waals surface area contributed by atoms with Gasteiger partial charge in [-0.1, -0.05) is 0 Å². The first kappa shape index (κ1) is 13.5. The van der Waals surface area contributed by atoms with Crippen molar-refractivity contribution in [1.29, 1.82) is 0 Å². The van der Waals surface area contributed by atoms with Crippen LogP contribution in [0.2, 0.25) is 0 Å². The Kier molecular flexibility index (Phi) is 3.80. The highest BCUT2D eigenvalue weighted by Crippen LogP contribution is 2.27. The second-order valence-electron chi connectivity index (χ2n) is 4.03. The molecule has 1 amide bonds. The standard InChI is InChI=1S/C13H12FNO3S/c1-15(7-12(16)18-2)13(17)11-6-8-5-9(14)3-4-10(8)19-11/h3-6H,7H2,1-2H3. The maximum Gasteiger partial charge on any atom is 0.325 e. The number of hydrogen-bond acceptors (Lipinski definition) is 4. The number of hydrogen-bond donors (Lipinski definition) is 0. The van der Waals surface area contributed by atoms with Crippen LogP contribution >= 0.6 is 11.3 Å². The van der Waals surface area contributed by atoms with Gasteiger partial charge >= 0.3 is 5.97 Å². The van der Waals surface area contributed by atoms with E-state index in [0.29, 0.717) is 10.3 Å². The zero-order valence-corrected chi connectivity index (χ0v) is 11.3. The molecular formula is C13H12FNO3S. The first-order valence-corrected chi connectivity index (χ1v) is 6.34. The normalized spacial score (nSPS) is 10.5. The maximum absolute atomic E-state index is 13.1. The molecule has 0 unspecified atom stereocenters. The Balaban J connectivity index is 2.23. The fourth-order valence-electron chi connectivity index (χ4n) is 1.64. The highest BCUT2D eigenvalue weighted by atomic mass is 32.1. The summed E-state index contributed by atoms with van der Waals surface area (Å²) in [5.41, 5.74) is 0. The minimum Gasteiger partial charge on any atom is -0.468 e. The lowest BCUT2D eigenvalue weighted by molar-refractivity contribution is -0.141. The van der Waals surface area contributed by atoms with E-state index in [1.807, 2.05) is 0 Å². The van der Waals surface area contributed by atoms with E-state index in [0.717, 1.165) is 4.70 Å². The molecule has 0 spiro atoms. The van der Waals surface area contributed by atoms with Crippen LogP contribution in [0.15, 0.2) is 24.3 Å². The first-order valence-electron chi connectivity index (χ1n) is 5.52. The second kappa shape index (κ2) is 5.36. The summed E-state index contributed by atoms with van der Waals surface area (Å²) >= 11 is 1.27. The highest BCUT2D eigenvalue weighted by molar-refractivity contribution is 7.20. The van der Waals surface area contributed by atoms with Gasteiger partial charge < -0.3 is 9.64 Å². The SMILES string of the molecule is COC(=O)CN(C)C(=O)c1cc2cc(F)ccc2s1. The van der Waals surface area contributed by atoms with E-state index in [9.17, 15) is 14.0 Å². The van der Waals surface area contributed by atoms with E-state index in [1.54, 1.807) is 12.1 Å². The van der Waals surface area contributed by atoms with E-state index in [-0.39, 0.29) is 18.3 Å². The molecule has 0 bridgehead atoms. The summed E-state index contributed by atoms with van der Waals surface area (Å²) in [5, 5.41) is 0.680. The zero-order valence-electron chi connectivity index (χ0n) is 10.5. The molecule has 0 aliphatic heterocycles. The van der Waals surface area contributed by atoms with Gasteiger partial charge in [0, 0.05) is 11.7 Å². The van der Waals surface area contributed by atoms with Gasteiger partial charge in [0.25, 0.3) is 5.91 Å². The number of carbonyl (C=O) groups is 2. The molecule has 1 heterocycles. The van der Waals surface area contributed by atoms with Crippen LogP contribution in [0.4, 0.5) is 4.39 Å². The van der Waals surface area contributed by atoms with Crippen molar-refractivity contribution in [3.8, 4) is 0 Å². The number of esters is 1. The minimum absolute atomic E-state index is 0.113. The molecule has 0 fully saturated rings. The smallest absolute Gasteiger partial charge is 0.325 e. The third-order valence-electron chi connectivity index (χ3n) is 2.63. The average Bonchev–Trinajstić information content (AvgIpc) is 2.80. The lowest BCUT2D eigenvalue weighted by atomic mass is 10.2. The van der Waals surface area contributed by atoms with Gasteiger partial charge in [0.2, 0.25) is 0 Å². The van der Waals surface area contributed by atoms with Crippen LogP contribution < -0.4 is 0 Å². The highest BCUT2D eigenvalue weighted by Gasteiger charge is 2.17. The van der Waals surface area contributed by atoms with Crippen LogP contribution in [0.1, 0.15) is 9.67 Å². The number of halogens is 1. The number of methoxy groups -OCH3 is 1. The number of amides is 1. The van der Waals surface area contributed by atoms with Crippen molar-refractivity contribution in [2.45, 2.75) is 0 Å². The first-order chi connectivity index (χ1) is 9.01. The summed E-state index contributed by atoms with van der Waals surface area (Å²) in [7, 11) is 2.78. The summed E-state index contributed by atoms with van der Waals surface area (Å²) in [5.74, 6) is -1.11. The van der Waals surface area contributed by atoms with E-state index < -0.39 is 5.97 Å². The third kappa shape index (κ3) is 2.90. The molecule has 2 rings (SSSR count). The Hall–Kier alpha value is -1.95. The lowest BCUT2D eigenvalue weighted by Gasteiger charge is -2.13. The van der Waals surface area contributed by atoms with Gasteiger partial charge in [-0.2, -0.15) is 0 Å². The van der Waals surface area contributed by atoms with Gasteiger partial charge in [0.05, 0.1) is 12.0 Å². The van der Waals surface area contributed by atoms with Crippen molar-refractivity contribution in [2.24, 2.45) is 0 Å². The summed E-state index contributed by atoms with van der Waals surface area (Å²) in [6.07, 6.45) is 0. The van der Waals surface area contributed by atoms with Crippen LogP contribution in [0.3, 0.4) is 0 Å². The quantitative estimate of drug-likeness (QED) is 0.811. The molecule has 6 heteroatoms. The Labute approximate surface area is 113 Å². The van der Waals surface area contributed by atoms with E-state index in [4.69, 9.17) is 0 Å². The van der Waals surface area contributed by atoms with Gasteiger partial charge in [-0.15, -0.1) is 11.3 Å². The molecule has 0 aliphatic rings. The third-order valence-corrected chi connectivity index (χ3v) is 3.73. The largest absolute Gasteiger partial charge is 0.468 e. The molecule has 0 N–H and O–H groups in total. The average molecular weight is 281 g/mol. The lowest BCUT2D eigenvalue weighted by Crippen LogP contribution is -2.32. The topological polar surface area (TPSA) is 46.6 Å². The number of thiophene rings is 1. The second-order valence-corrected chi connectivity index (χ2v) is 5.11. The van der Waals surface area contributed by atoms with Gasteiger partial charge in [0.15, 0.2) is 0 Å². The zero-order chi connectivity index (χ0) is 14.0. The number of fused-ring (bicyclic) bond motifs is 1. The van der Waals surface area contributed by atoms with Crippen molar-refractivity contribution in [2.75, 3.05) is 20.7 Å². The maximum atomic E-state index is 13.1. The van der Waals surface area contributed by atoms with Crippen LogP contribution in [0, 0.1) is 5.82 Å². The number of carbonyl (C=O) groups excluding carboxylic acids is 2. The molecule has 0 saturated heterocycles. The Morgan fingerprint density at radius 1 is 1.37 bits per heavy atom. The molecule has 0 aliphatic carbocycles. The number of nitrogens with zero attached hydrogens (tertiary/aromatic N) is 1. The van der Waals surface area contributed by atoms with Crippen LogP contribution in [-0.2, 0) is 9.53 Å². The van der Waals surface area contributed by atoms with Crippen molar-refractivity contribution in [3.05, 3.63) is 35.0 Å². The van der Waals surface area contributed by atoms with Crippen LogP contribution in [0.25, 0.3) is 10.1 Å². The van der Waals surface area contributed by atoms with Gasteiger partial charge in [0.1, 0.15) is 12.4 Å². The fraction of sp³-hybridized carbons (Fsp3) is 0.231. The number of rotatable bonds is 3. The molecule has 0 radical (unpaired) electrons. The summed E-state index contributed by atoms with van der Waals surface area (Å²) in [4.78, 5) is 24.9. The van der Waals surface area contributed by atoms with Crippen molar-refractivity contribution < 1.29 is 18.7 Å². The molecule has 2 aromatic rings. The number of likely N-dealkylation sites (N-methyl/N-ethyl adjacent to an activating group) is 1. The van der Waals surface area contributed by atoms with Crippen molar-refractivity contribution >= 4 is 33.3 Å². The van der Waals surface area contributed by atoms with E-state index >= 15 is 0 Å². The minimum atomic E-state index is -0.483. The molecule has 0 atom stereocenters. The Bertz CT molecular complexity index is 638. The Morgan fingerprint density at radius 2 is 2.11 bits per heavy atom. The molecule has 1 aromatic heterocycles. The van der Waals surface area contributed by atoms with Gasteiger partial charge in [-0.3, -0.25) is 9.59 Å². The molecule has 19 heavy (non-hydrogen) atoms.